The molecule has 0 amide bonds. The molecule has 0 aliphatic carbocycles. The fourth-order valence-corrected chi connectivity index (χ4v) is 3.14. The standard InChI is InChI=1S/C21H16F4N2O2/c1-20(29,12-27-9-8-14-16(22)4-3-5-18(14)27)19(28)11-13-6-7-17(26-2)15(10-13)21(23,24)25/h3-10,29H,11-12H2,1H3/t20-/m0/s1. The first kappa shape index (κ1) is 20.6. The topological polar surface area (TPSA) is 46.6 Å². The van der Waals surface area contributed by atoms with E-state index >= 15 is 0 Å². The Balaban J connectivity index is 1.84. The Morgan fingerprint density at radius 1 is 1.21 bits per heavy atom. The van der Waals surface area contributed by atoms with Gasteiger partial charge in [0.2, 0.25) is 0 Å². The lowest BCUT2D eigenvalue weighted by atomic mass is 9.94. The summed E-state index contributed by atoms with van der Waals surface area (Å²) in [7, 11) is 0. The van der Waals surface area contributed by atoms with Crippen molar-refractivity contribution in [2.45, 2.75) is 31.7 Å². The number of nitrogens with zero attached hydrogens (tertiary/aromatic N) is 2. The van der Waals surface area contributed by atoms with Crippen molar-refractivity contribution in [2.75, 3.05) is 0 Å². The SMILES string of the molecule is [C-]#[N+]c1ccc(CC(=O)[C@@](C)(O)Cn2ccc3c(F)cccc32)cc1C(F)(F)F. The molecule has 150 valence electrons. The predicted molar refractivity (Wildman–Crippen MR) is 98.9 cm³/mol. The lowest BCUT2D eigenvalue weighted by molar-refractivity contribution is -0.138. The maximum absolute atomic E-state index is 13.8. The average Bonchev–Trinajstić information content (AvgIpc) is 3.04. The van der Waals surface area contributed by atoms with Crippen molar-refractivity contribution in [1.82, 2.24) is 4.57 Å². The summed E-state index contributed by atoms with van der Waals surface area (Å²) in [6.07, 6.45) is -3.64. The Morgan fingerprint density at radius 3 is 2.59 bits per heavy atom. The van der Waals surface area contributed by atoms with Gasteiger partial charge in [0.15, 0.2) is 11.5 Å². The van der Waals surface area contributed by atoms with Crippen molar-refractivity contribution < 1.29 is 27.5 Å². The fraction of sp³-hybridized carbons (Fsp3) is 0.238. The third-order valence-electron chi connectivity index (χ3n) is 4.69. The molecule has 0 aliphatic rings. The van der Waals surface area contributed by atoms with Gasteiger partial charge in [0, 0.05) is 18.0 Å². The highest BCUT2D eigenvalue weighted by Gasteiger charge is 2.35. The van der Waals surface area contributed by atoms with Crippen molar-refractivity contribution in [3.8, 4) is 0 Å². The molecule has 2 aromatic carbocycles. The summed E-state index contributed by atoms with van der Waals surface area (Å²) in [5.74, 6) is -1.13. The Hall–Kier alpha value is -3.18. The molecule has 0 fully saturated rings. The van der Waals surface area contributed by atoms with E-state index in [0.29, 0.717) is 10.9 Å². The Morgan fingerprint density at radius 2 is 1.93 bits per heavy atom. The largest absolute Gasteiger partial charge is 0.407 e. The maximum atomic E-state index is 13.8. The molecule has 29 heavy (non-hydrogen) atoms. The minimum atomic E-state index is -4.73. The second-order valence-corrected chi connectivity index (χ2v) is 6.95. The number of halogens is 4. The molecular weight excluding hydrogens is 388 g/mol. The number of aromatic nitrogens is 1. The second-order valence-electron chi connectivity index (χ2n) is 6.95. The van der Waals surface area contributed by atoms with E-state index in [-0.39, 0.29) is 12.1 Å². The summed E-state index contributed by atoms with van der Waals surface area (Å²) in [4.78, 5) is 15.5. The highest BCUT2D eigenvalue weighted by molar-refractivity contribution is 5.89. The van der Waals surface area contributed by atoms with Gasteiger partial charge in [-0.05, 0) is 30.7 Å². The van der Waals surface area contributed by atoms with Gasteiger partial charge in [-0.1, -0.05) is 24.3 Å². The van der Waals surface area contributed by atoms with Crippen molar-refractivity contribution in [2.24, 2.45) is 0 Å². The van der Waals surface area contributed by atoms with Crippen molar-refractivity contribution in [3.63, 3.8) is 0 Å². The number of aliphatic hydroxyl groups is 1. The number of hydrogen-bond donors (Lipinski definition) is 1. The van der Waals surface area contributed by atoms with Crippen LogP contribution in [-0.2, 0) is 23.9 Å². The average molecular weight is 404 g/mol. The number of carbonyl (C=O) groups excluding carboxylic acids is 1. The number of fused-ring (bicyclic) bond motifs is 1. The van der Waals surface area contributed by atoms with Gasteiger partial charge in [-0.25, -0.2) is 9.24 Å². The van der Waals surface area contributed by atoms with Crippen LogP contribution in [0.2, 0.25) is 0 Å². The van der Waals surface area contributed by atoms with Crippen molar-refractivity contribution in [3.05, 3.63) is 77.0 Å². The van der Waals surface area contributed by atoms with E-state index in [0.717, 1.165) is 12.1 Å². The van der Waals surface area contributed by atoms with E-state index in [1.807, 2.05) is 0 Å². The minimum absolute atomic E-state index is 0.0402. The van der Waals surface area contributed by atoms with Gasteiger partial charge in [0.05, 0.1) is 24.2 Å². The number of benzene rings is 2. The maximum Gasteiger partial charge on any atom is 0.407 e. The summed E-state index contributed by atoms with van der Waals surface area (Å²) in [6, 6.07) is 8.97. The molecule has 4 nitrogen and oxygen atoms in total. The van der Waals surface area contributed by atoms with Gasteiger partial charge < -0.3 is 9.67 Å². The van der Waals surface area contributed by atoms with Crippen LogP contribution < -0.4 is 0 Å². The van der Waals surface area contributed by atoms with E-state index < -0.39 is 41.0 Å². The van der Waals surface area contributed by atoms with Crippen LogP contribution in [0, 0.1) is 12.4 Å². The Labute approximate surface area is 163 Å². The van der Waals surface area contributed by atoms with Crippen molar-refractivity contribution in [1.29, 1.82) is 0 Å². The van der Waals surface area contributed by atoms with E-state index in [2.05, 4.69) is 4.85 Å². The zero-order chi connectivity index (χ0) is 21.4. The number of Topliss-reactive ketones (excluding diaryl/α,β-unsaturated/α-hetero) is 1. The molecule has 3 rings (SSSR count). The zero-order valence-electron chi connectivity index (χ0n) is 15.3. The molecule has 1 N–H and O–H groups in total. The van der Waals surface area contributed by atoms with Crippen LogP contribution in [0.15, 0.2) is 48.7 Å². The van der Waals surface area contributed by atoms with Crippen LogP contribution in [0.1, 0.15) is 18.1 Å². The first-order valence-electron chi connectivity index (χ1n) is 8.59. The van der Waals surface area contributed by atoms with Crippen LogP contribution in [0.5, 0.6) is 0 Å². The first-order chi connectivity index (χ1) is 13.5. The Kier molecular flexibility index (Phi) is 5.20. The molecule has 3 aromatic rings. The summed E-state index contributed by atoms with van der Waals surface area (Å²) in [5.41, 5.74) is -3.04. The number of ketones is 1. The smallest absolute Gasteiger partial charge is 0.380 e. The zero-order valence-corrected chi connectivity index (χ0v) is 15.3. The number of carbonyl (C=O) groups is 1. The number of alkyl halides is 3. The second kappa shape index (κ2) is 7.33. The van der Waals surface area contributed by atoms with E-state index in [1.165, 1.54) is 42.0 Å². The molecule has 0 saturated heterocycles. The van der Waals surface area contributed by atoms with Crippen LogP contribution in [0.3, 0.4) is 0 Å². The molecule has 0 bridgehead atoms. The molecule has 0 unspecified atom stereocenters. The van der Waals surface area contributed by atoms with Crippen LogP contribution in [0.25, 0.3) is 15.7 Å². The van der Waals surface area contributed by atoms with E-state index in [4.69, 9.17) is 6.57 Å². The molecule has 0 saturated carbocycles. The third-order valence-corrected chi connectivity index (χ3v) is 4.69. The van der Waals surface area contributed by atoms with Gasteiger partial charge in [-0.2, -0.15) is 13.2 Å². The summed E-state index contributed by atoms with van der Waals surface area (Å²) in [6.45, 7) is 7.93. The highest BCUT2D eigenvalue weighted by Crippen LogP contribution is 2.37. The summed E-state index contributed by atoms with van der Waals surface area (Å²) >= 11 is 0. The van der Waals surface area contributed by atoms with Crippen LogP contribution in [-0.4, -0.2) is 21.1 Å². The predicted octanol–water partition coefficient (Wildman–Crippen LogP) is 4.91. The van der Waals surface area contributed by atoms with Gasteiger partial charge in [0.25, 0.3) is 0 Å². The van der Waals surface area contributed by atoms with Crippen molar-refractivity contribution >= 4 is 22.4 Å². The third kappa shape index (κ3) is 4.15. The molecule has 8 heteroatoms. The quantitative estimate of drug-likeness (QED) is 0.485. The molecule has 0 spiro atoms. The highest BCUT2D eigenvalue weighted by atomic mass is 19.4. The molecule has 0 radical (unpaired) electrons. The van der Waals surface area contributed by atoms with Gasteiger partial charge >= 0.3 is 6.18 Å². The number of rotatable bonds is 5. The van der Waals surface area contributed by atoms with Gasteiger partial charge in [-0.3, -0.25) is 4.79 Å². The van der Waals surface area contributed by atoms with E-state index in [1.54, 1.807) is 6.07 Å². The Bertz CT molecular complexity index is 1120. The first-order valence-corrected chi connectivity index (χ1v) is 8.59. The summed E-state index contributed by atoms with van der Waals surface area (Å²) < 4.78 is 54.7. The molecule has 1 heterocycles. The van der Waals surface area contributed by atoms with E-state index in [9.17, 15) is 27.5 Å². The molecule has 0 aliphatic heterocycles. The summed E-state index contributed by atoms with van der Waals surface area (Å²) in [5, 5.41) is 11.0. The normalized spacial score (nSPS) is 13.8. The van der Waals surface area contributed by atoms with Crippen LogP contribution in [0.4, 0.5) is 23.2 Å². The van der Waals surface area contributed by atoms with Gasteiger partial charge in [-0.15, -0.1) is 0 Å². The van der Waals surface area contributed by atoms with Gasteiger partial charge in [0.1, 0.15) is 11.4 Å². The minimum Gasteiger partial charge on any atom is -0.380 e. The van der Waals surface area contributed by atoms with Crippen LogP contribution >= 0.6 is 0 Å². The number of hydrogen-bond acceptors (Lipinski definition) is 2. The molecule has 1 atom stereocenters. The molecule has 1 aromatic heterocycles. The monoisotopic (exact) mass is 404 g/mol. The molecular formula is C21H16F4N2O2. The lowest BCUT2D eigenvalue weighted by Crippen LogP contribution is -2.40. The lowest BCUT2D eigenvalue weighted by Gasteiger charge is -2.23. The fourth-order valence-electron chi connectivity index (χ4n) is 3.14.